The lowest BCUT2D eigenvalue weighted by Gasteiger charge is -2.14. The van der Waals surface area contributed by atoms with E-state index in [9.17, 15) is 9.59 Å². The molecule has 0 aliphatic heterocycles. The summed E-state index contributed by atoms with van der Waals surface area (Å²) in [5.41, 5.74) is 4.76. The molecule has 0 fully saturated rings. The van der Waals surface area contributed by atoms with Crippen molar-refractivity contribution in [1.82, 2.24) is 5.32 Å². The normalized spacial score (nSPS) is 12.1. The minimum atomic E-state index is -0.456. The van der Waals surface area contributed by atoms with Crippen LogP contribution in [0.15, 0.2) is 48.5 Å². The van der Waals surface area contributed by atoms with Crippen LogP contribution in [-0.2, 0) is 71.1 Å². The van der Waals surface area contributed by atoms with Crippen molar-refractivity contribution in [3.05, 3.63) is 59.7 Å². The summed E-state index contributed by atoms with van der Waals surface area (Å²) < 4.78 is 76.6. The Bertz CT molecular complexity index is 1380. The summed E-state index contributed by atoms with van der Waals surface area (Å²) in [4.78, 5) is 23.8. The highest BCUT2D eigenvalue weighted by atomic mass is 16.6. The van der Waals surface area contributed by atoms with Crippen molar-refractivity contribution in [2.24, 2.45) is 0 Å². The third-order valence-electron chi connectivity index (χ3n) is 9.43. The smallest absolute Gasteiger partial charge is 0.407 e. The van der Waals surface area contributed by atoms with Crippen molar-refractivity contribution in [3.63, 3.8) is 0 Å². The van der Waals surface area contributed by atoms with Crippen LogP contribution < -0.4 is 5.32 Å². The Balaban J connectivity index is 0.910. The molecule has 1 aliphatic carbocycles. The highest BCUT2D eigenvalue weighted by Gasteiger charge is 2.29. The number of ether oxygens (including phenoxy) is 14. The van der Waals surface area contributed by atoms with Gasteiger partial charge in [0.25, 0.3) is 0 Å². The zero-order chi connectivity index (χ0) is 45.2. The molecule has 0 atom stereocenters. The molecule has 0 aromatic heterocycles. The van der Waals surface area contributed by atoms with Crippen molar-refractivity contribution in [1.29, 1.82) is 0 Å². The first kappa shape index (κ1) is 55.0. The number of rotatable bonds is 45. The van der Waals surface area contributed by atoms with E-state index in [4.69, 9.17) is 66.3 Å². The molecule has 0 spiro atoms. The van der Waals surface area contributed by atoms with Gasteiger partial charge in [0.15, 0.2) is 0 Å². The average Bonchev–Trinajstić information content (AvgIpc) is 3.63. The first-order chi connectivity index (χ1) is 31.7. The lowest BCUT2D eigenvalue weighted by molar-refractivity contribution is -0.145. The van der Waals surface area contributed by atoms with E-state index in [-0.39, 0.29) is 25.1 Å². The predicted octanol–water partition coefficient (Wildman–Crippen LogP) is 4.85. The maximum absolute atomic E-state index is 12.3. The molecule has 2 aromatic carbocycles. The van der Waals surface area contributed by atoms with Gasteiger partial charge in [0.1, 0.15) is 13.2 Å². The SMILES string of the molecule is CCCCCC(=O)OCCOCCOCCOCCOCCOCCOCCOCCOCCOCCOCCOCCOCCNC(=O)OCC1c2ccccc2-c2ccccc21. The van der Waals surface area contributed by atoms with Crippen molar-refractivity contribution in [3.8, 4) is 11.1 Å². The second-order valence-corrected chi connectivity index (χ2v) is 14.3. The largest absolute Gasteiger partial charge is 0.463 e. The van der Waals surface area contributed by atoms with Gasteiger partial charge in [-0.15, -0.1) is 0 Å². The fraction of sp³-hybridized carbons (Fsp3) is 0.702. The minimum absolute atomic E-state index is 0.0318. The zero-order valence-corrected chi connectivity index (χ0v) is 38.1. The maximum atomic E-state index is 12.3. The van der Waals surface area contributed by atoms with E-state index in [1.165, 1.54) is 22.3 Å². The zero-order valence-electron chi connectivity index (χ0n) is 38.1. The molecule has 0 heterocycles. The van der Waals surface area contributed by atoms with Gasteiger partial charge in [-0.3, -0.25) is 4.79 Å². The van der Waals surface area contributed by atoms with Crippen LogP contribution in [0.4, 0.5) is 4.79 Å². The molecule has 17 nitrogen and oxygen atoms in total. The predicted molar refractivity (Wildman–Crippen MR) is 238 cm³/mol. The summed E-state index contributed by atoms with van der Waals surface area (Å²) in [6.45, 7) is 14.1. The topological polar surface area (TPSA) is 175 Å². The van der Waals surface area contributed by atoms with Crippen LogP contribution in [0.25, 0.3) is 11.1 Å². The monoisotopic (exact) mass is 910 g/mol. The average molecular weight is 910 g/mol. The standard InChI is InChI=1S/C47H75NO16/c1-2-3-4-13-46(49)63-39-38-62-37-36-61-35-34-60-33-32-59-31-30-58-29-28-57-27-26-56-25-24-55-23-22-54-21-20-53-19-18-52-17-16-51-15-14-48-47(50)64-40-45-43-11-7-5-9-41(43)42-10-6-8-12-44(42)45/h5-12,45H,2-4,13-40H2,1H3,(H,48,50). The third-order valence-corrected chi connectivity index (χ3v) is 9.43. The Morgan fingerprint density at radius 2 is 0.750 bits per heavy atom. The number of unbranched alkanes of at least 4 members (excludes halogenated alkanes) is 2. The number of alkyl carbamates (subject to hydrolysis) is 1. The van der Waals surface area contributed by atoms with E-state index < -0.39 is 6.09 Å². The maximum Gasteiger partial charge on any atom is 0.407 e. The second kappa shape index (κ2) is 40.0. The van der Waals surface area contributed by atoms with Crippen LogP contribution in [0.3, 0.4) is 0 Å². The van der Waals surface area contributed by atoms with E-state index in [0.717, 1.165) is 19.3 Å². The van der Waals surface area contributed by atoms with E-state index in [2.05, 4.69) is 36.5 Å². The number of hydrogen-bond acceptors (Lipinski definition) is 16. The number of fused-ring (bicyclic) bond motifs is 3. The Morgan fingerprint density at radius 1 is 0.422 bits per heavy atom. The molecule has 0 radical (unpaired) electrons. The van der Waals surface area contributed by atoms with Gasteiger partial charge < -0.3 is 71.6 Å². The first-order valence-electron chi connectivity index (χ1n) is 22.9. The third kappa shape index (κ3) is 27.9. The number of esters is 1. The fourth-order valence-corrected chi connectivity index (χ4v) is 6.20. The minimum Gasteiger partial charge on any atom is -0.463 e. The molecule has 0 saturated heterocycles. The van der Waals surface area contributed by atoms with Crippen LogP contribution in [0.5, 0.6) is 0 Å². The van der Waals surface area contributed by atoms with Gasteiger partial charge in [-0.1, -0.05) is 68.3 Å². The number of carbonyl (C=O) groups is 2. The van der Waals surface area contributed by atoms with Gasteiger partial charge in [-0.2, -0.15) is 0 Å². The van der Waals surface area contributed by atoms with Gasteiger partial charge in [0.2, 0.25) is 0 Å². The Labute approximate surface area is 380 Å². The van der Waals surface area contributed by atoms with Gasteiger partial charge in [0, 0.05) is 18.9 Å². The van der Waals surface area contributed by atoms with Crippen molar-refractivity contribution >= 4 is 12.1 Å². The van der Waals surface area contributed by atoms with Gasteiger partial charge in [0.05, 0.1) is 159 Å². The number of carbonyl (C=O) groups excluding carboxylic acids is 2. The molecule has 3 rings (SSSR count). The van der Waals surface area contributed by atoms with Crippen molar-refractivity contribution < 1.29 is 75.9 Å². The van der Waals surface area contributed by atoms with Crippen LogP contribution in [-0.4, -0.2) is 190 Å². The van der Waals surface area contributed by atoms with Crippen molar-refractivity contribution in [2.75, 3.05) is 178 Å². The summed E-state index contributed by atoms with van der Waals surface area (Å²) in [6, 6.07) is 16.5. The summed E-state index contributed by atoms with van der Waals surface area (Å²) in [5.74, 6) is -0.133. The highest BCUT2D eigenvalue weighted by molar-refractivity contribution is 5.79. The van der Waals surface area contributed by atoms with E-state index in [1.807, 2.05) is 24.3 Å². The Hall–Kier alpha value is -3.30. The summed E-state index contributed by atoms with van der Waals surface area (Å²) >= 11 is 0. The molecule has 1 amide bonds. The van der Waals surface area contributed by atoms with Crippen LogP contribution in [0, 0.1) is 0 Å². The van der Waals surface area contributed by atoms with E-state index in [1.54, 1.807) is 0 Å². The molecule has 1 aliphatic rings. The molecule has 17 heteroatoms. The molecular weight excluding hydrogens is 835 g/mol. The summed E-state index contributed by atoms with van der Waals surface area (Å²) in [5, 5.41) is 2.74. The first-order valence-corrected chi connectivity index (χ1v) is 22.9. The number of hydrogen-bond donors (Lipinski definition) is 1. The lowest BCUT2D eigenvalue weighted by atomic mass is 9.98. The number of nitrogens with one attached hydrogen (secondary N) is 1. The van der Waals surface area contributed by atoms with Gasteiger partial charge >= 0.3 is 12.1 Å². The Morgan fingerprint density at radius 3 is 1.11 bits per heavy atom. The lowest BCUT2D eigenvalue weighted by Crippen LogP contribution is -2.29. The molecule has 2 aromatic rings. The van der Waals surface area contributed by atoms with Crippen molar-refractivity contribution in [2.45, 2.75) is 38.5 Å². The quantitative estimate of drug-likeness (QED) is 0.0705. The van der Waals surface area contributed by atoms with Crippen LogP contribution in [0.1, 0.15) is 49.7 Å². The van der Waals surface area contributed by atoms with Gasteiger partial charge in [-0.05, 0) is 28.7 Å². The molecule has 0 saturated carbocycles. The number of amides is 1. The second-order valence-electron chi connectivity index (χ2n) is 14.3. The Kier molecular flexibility index (Phi) is 34.4. The molecule has 364 valence electrons. The van der Waals surface area contributed by atoms with Crippen LogP contribution >= 0.6 is 0 Å². The molecule has 1 N–H and O–H groups in total. The fourth-order valence-electron chi connectivity index (χ4n) is 6.20. The molecular formula is C47H75NO16. The highest BCUT2D eigenvalue weighted by Crippen LogP contribution is 2.44. The molecule has 0 unspecified atom stereocenters. The van der Waals surface area contributed by atoms with E-state index in [0.29, 0.717) is 172 Å². The summed E-state index contributed by atoms with van der Waals surface area (Å²) in [6.07, 6.45) is 3.01. The van der Waals surface area contributed by atoms with Crippen LogP contribution in [0.2, 0.25) is 0 Å². The molecule has 64 heavy (non-hydrogen) atoms. The summed E-state index contributed by atoms with van der Waals surface area (Å²) in [7, 11) is 0. The molecule has 0 bridgehead atoms. The van der Waals surface area contributed by atoms with E-state index >= 15 is 0 Å². The number of benzene rings is 2. The van der Waals surface area contributed by atoms with Gasteiger partial charge in [-0.25, -0.2) is 4.79 Å².